The van der Waals surface area contributed by atoms with Gasteiger partial charge in [0, 0.05) is 18.7 Å². The minimum atomic E-state index is -1.09. The number of aliphatic hydroxyl groups excluding tert-OH is 1. The summed E-state index contributed by atoms with van der Waals surface area (Å²) in [5.41, 5.74) is 2.26. The lowest BCUT2D eigenvalue weighted by atomic mass is 9.89. The fourth-order valence-electron chi connectivity index (χ4n) is 3.26. The van der Waals surface area contributed by atoms with E-state index in [0.717, 1.165) is 12.8 Å². The Labute approximate surface area is 125 Å². The van der Waals surface area contributed by atoms with Crippen molar-refractivity contribution in [2.24, 2.45) is 0 Å². The van der Waals surface area contributed by atoms with E-state index in [1.807, 2.05) is 12.1 Å². The van der Waals surface area contributed by atoms with Crippen LogP contribution in [0.3, 0.4) is 0 Å². The fourth-order valence-corrected chi connectivity index (χ4v) is 3.26. The lowest BCUT2D eigenvalue weighted by molar-refractivity contribution is -0.0999. The van der Waals surface area contributed by atoms with Crippen molar-refractivity contribution in [2.45, 2.75) is 50.7 Å². The standard InChI is InChI=1S/C17H23NO3/c1-17(21)8-9-18(11-15(17)19)16(20)14-7-6-12-4-2-3-5-13(12)10-14/h6-7,10,15,19,21H,2-5,8-9,11H2,1H3/t15-,17-/m0/s1. The topological polar surface area (TPSA) is 60.8 Å². The highest BCUT2D eigenvalue weighted by atomic mass is 16.3. The van der Waals surface area contributed by atoms with Crippen molar-refractivity contribution >= 4 is 5.91 Å². The van der Waals surface area contributed by atoms with Crippen molar-refractivity contribution in [1.29, 1.82) is 0 Å². The van der Waals surface area contributed by atoms with Crippen molar-refractivity contribution in [1.82, 2.24) is 4.90 Å². The lowest BCUT2D eigenvalue weighted by Crippen LogP contribution is -2.55. The third kappa shape index (κ3) is 2.83. The molecule has 0 aromatic heterocycles. The average molecular weight is 289 g/mol. The number of piperidine rings is 1. The van der Waals surface area contributed by atoms with Gasteiger partial charge in [-0.25, -0.2) is 0 Å². The lowest BCUT2D eigenvalue weighted by Gasteiger charge is -2.40. The monoisotopic (exact) mass is 289 g/mol. The summed E-state index contributed by atoms with van der Waals surface area (Å²) >= 11 is 0. The van der Waals surface area contributed by atoms with Gasteiger partial charge in [-0.3, -0.25) is 4.79 Å². The number of fused-ring (bicyclic) bond motifs is 1. The molecule has 1 fully saturated rings. The van der Waals surface area contributed by atoms with Crippen LogP contribution in [0, 0.1) is 0 Å². The first kappa shape index (κ1) is 14.5. The van der Waals surface area contributed by atoms with E-state index >= 15 is 0 Å². The average Bonchev–Trinajstić information content (AvgIpc) is 2.49. The normalized spacial score (nSPS) is 29.1. The van der Waals surface area contributed by atoms with Crippen LogP contribution in [-0.2, 0) is 12.8 Å². The third-order valence-corrected chi connectivity index (χ3v) is 4.88. The van der Waals surface area contributed by atoms with Crippen molar-refractivity contribution < 1.29 is 15.0 Å². The number of nitrogens with zero attached hydrogens (tertiary/aromatic N) is 1. The summed E-state index contributed by atoms with van der Waals surface area (Å²) in [7, 11) is 0. The van der Waals surface area contributed by atoms with Crippen molar-refractivity contribution in [3.05, 3.63) is 34.9 Å². The SMILES string of the molecule is C[C@]1(O)CCN(C(=O)c2ccc3c(c2)CCCC3)C[C@@H]1O. The highest BCUT2D eigenvalue weighted by molar-refractivity contribution is 5.94. The molecule has 1 aliphatic carbocycles. The van der Waals surface area contributed by atoms with E-state index in [1.54, 1.807) is 11.8 Å². The number of benzene rings is 1. The van der Waals surface area contributed by atoms with Crippen LogP contribution >= 0.6 is 0 Å². The van der Waals surface area contributed by atoms with Crippen molar-refractivity contribution in [3.63, 3.8) is 0 Å². The minimum absolute atomic E-state index is 0.0436. The molecule has 0 radical (unpaired) electrons. The minimum Gasteiger partial charge on any atom is -0.388 e. The quantitative estimate of drug-likeness (QED) is 0.824. The van der Waals surface area contributed by atoms with Gasteiger partial charge in [-0.1, -0.05) is 6.07 Å². The molecule has 4 nitrogen and oxygen atoms in total. The molecule has 114 valence electrons. The molecule has 1 amide bonds. The van der Waals surface area contributed by atoms with Gasteiger partial charge in [-0.15, -0.1) is 0 Å². The molecule has 0 saturated carbocycles. The molecule has 0 bridgehead atoms. The Morgan fingerprint density at radius 2 is 2.00 bits per heavy atom. The van der Waals surface area contributed by atoms with Crippen LogP contribution in [0.1, 0.15) is 47.7 Å². The van der Waals surface area contributed by atoms with Gasteiger partial charge in [0.1, 0.15) is 0 Å². The summed E-state index contributed by atoms with van der Waals surface area (Å²) in [5.74, 6) is -0.0436. The Bertz CT molecular complexity index is 553. The van der Waals surface area contributed by atoms with Gasteiger partial charge in [0.05, 0.1) is 11.7 Å². The molecule has 4 heteroatoms. The Morgan fingerprint density at radius 3 is 2.71 bits per heavy atom. The molecule has 1 saturated heterocycles. The van der Waals surface area contributed by atoms with E-state index in [-0.39, 0.29) is 12.5 Å². The largest absolute Gasteiger partial charge is 0.388 e. The second kappa shape index (κ2) is 5.43. The van der Waals surface area contributed by atoms with Gasteiger partial charge in [0.2, 0.25) is 0 Å². The molecule has 2 N–H and O–H groups in total. The zero-order valence-electron chi connectivity index (χ0n) is 12.5. The first-order chi connectivity index (χ1) is 9.97. The number of aliphatic hydroxyl groups is 2. The Hall–Kier alpha value is -1.39. The number of amides is 1. The van der Waals surface area contributed by atoms with Crippen LogP contribution in [0.2, 0.25) is 0 Å². The Morgan fingerprint density at radius 1 is 1.29 bits per heavy atom. The summed E-state index contributed by atoms with van der Waals surface area (Å²) in [6.07, 6.45) is 4.10. The van der Waals surface area contributed by atoms with Gasteiger partial charge in [0.15, 0.2) is 0 Å². The summed E-state index contributed by atoms with van der Waals surface area (Å²) in [6, 6.07) is 5.97. The van der Waals surface area contributed by atoms with E-state index in [0.29, 0.717) is 18.5 Å². The van der Waals surface area contributed by atoms with E-state index < -0.39 is 11.7 Å². The number of rotatable bonds is 1. The molecule has 21 heavy (non-hydrogen) atoms. The van der Waals surface area contributed by atoms with E-state index in [1.165, 1.54) is 24.0 Å². The van der Waals surface area contributed by atoms with Crippen LogP contribution < -0.4 is 0 Å². The summed E-state index contributed by atoms with van der Waals surface area (Å²) < 4.78 is 0. The fraction of sp³-hybridized carbons (Fsp3) is 0.588. The predicted octanol–water partition coefficient (Wildman–Crippen LogP) is 1.52. The smallest absolute Gasteiger partial charge is 0.253 e. The Balaban J connectivity index is 1.77. The molecule has 2 atom stereocenters. The molecular formula is C17H23NO3. The van der Waals surface area contributed by atoms with Crippen LogP contribution in [0.4, 0.5) is 0 Å². The van der Waals surface area contributed by atoms with Gasteiger partial charge >= 0.3 is 0 Å². The maximum absolute atomic E-state index is 12.6. The van der Waals surface area contributed by atoms with Crippen LogP contribution in [-0.4, -0.2) is 45.8 Å². The highest BCUT2D eigenvalue weighted by Gasteiger charge is 2.38. The van der Waals surface area contributed by atoms with Crippen LogP contribution in [0.15, 0.2) is 18.2 Å². The number of hydrogen-bond donors (Lipinski definition) is 2. The van der Waals surface area contributed by atoms with E-state index in [4.69, 9.17) is 0 Å². The number of carbonyl (C=O) groups excluding carboxylic acids is 1. The van der Waals surface area contributed by atoms with Gasteiger partial charge in [-0.05, 0) is 62.3 Å². The summed E-state index contributed by atoms with van der Waals surface area (Å²) in [6.45, 7) is 2.31. The molecular weight excluding hydrogens is 266 g/mol. The number of carbonyl (C=O) groups is 1. The molecule has 1 heterocycles. The van der Waals surface area contributed by atoms with Crippen molar-refractivity contribution in [3.8, 4) is 0 Å². The van der Waals surface area contributed by atoms with E-state index in [2.05, 4.69) is 6.07 Å². The molecule has 1 aromatic carbocycles. The first-order valence-corrected chi connectivity index (χ1v) is 7.79. The second-order valence-corrected chi connectivity index (χ2v) is 6.56. The van der Waals surface area contributed by atoms with Crippen molar-refractivity contribution in [2.75, 3.05) is 13.1 Å². The van der Waals surface area contributed by atoms with Crippen LogP contribution in [0.5, 0.6) is 0 Å². The summed E-state index contributed by atoms with van der Waals surface area (Å²) in [5, 5.41) is 19.9. The number of likely N-dealkylation sites (tertiary alicyclic amines) is 1. The highest BCUT2D eigenvalue weighted by Crippen LogP contribution is 2.25. The molecule has 0 unspecified atom stereocenters. The Kier molecular flexibility index (Phi) is 3.76. The first-order valence-electron chi connectivity index (χ1n) is 7.79. The number of hydrogen-bond acceptors (Lipinski definition) is 3. The maximum atomic E-state index is 12.6. The molecule has 2 aliphatic rings. The zero-order valence-corrected chi connectivity index (χ0v) is 12.5. The van der Waals surface area contributed by atoms with Gasteiger partial charge in [-0.2, -0.15) is 0 Å². The third-order valence-electron chi connectivity index (χ3n) is 4.88. The summed E-state index contributed by atoms with van der Waals surface area (Å²) in [4.78, 5) is 14.2. The zero-order chi connectivity index (χ0) is 15.0. The second-order valence-electron chi connectivity index (χ2n) is 6.56. The number of aryl methyl sites for hydroxylation is 2. The van der Waals surface area contributed by atoms with Gasteiger partial charge < -0.3 is 15.1 Å². The molecule has 1 aromatic rings. The van der Waals surface area contributed by atoms with Crippen LogP contribution in [0.25, 0.3) is 0 Å². The molecule has 3 rings (SSSR count). The molecule has 0 spiro atoms. The van der Waals surface area contributed by atoms with E-state index in [9.17, 15) is 15.0 Å². The molecule has 1 aliphatic heterocycles. The maximum Gasteiger partial charge on any atom is 0.253 e. The predicted molar refractivity (Wildman–Crippen MR) is 80.2 cm³/mol. The number of β-amino-alcohol motifs (C(OH)–C–C–N with tert-alkyl or cyclic N) is 1. The van der Waals surface area contributed by atoms with Gasteiger partial charge in [0.25, 0.3) is 5.91 Å².